The van der Waals surface area contributed by atoms with E-state index in [1.807, 2.05) is 46.8 Å². The molecule has 2 fully saturated rings. The summed E-state index contributed by atoms with van der Waals surface area (Å²) in [7, 11) is 3.25. The Labute approximate surface area is 306 Å². The van der Waals surface area contributed by atoms with Gasteiger partial charge in [0.1, 0.15) is 36.0 Å². The standard InChI is InChI=1S/C17H22FN5OS.C16H20FN5OS.C2H6/c1-10-6-13(18)16-12(15(10)17(19)21-9-20-3)7-14(22-16)25-23-4-5-24-11(2)8-23;1-10-7-12(17)15-11(14(10)16(18)20-9-19-2)8-13(21-15)24-22-3-5-23-6-4-22;1-2/h6-7,9,11,22H,4-5,8H2,1-3H3,(H2,19,20,21);7-9,21H,3-6H2,1-2H3,(H2,18,19,20);1-2H3. The van der Waals surface area contributed by atoms with Crippen molar-refractivity contribution in [3.05, 3.63) is 58.2 Å². The quantitative estimate of drug-likeness (QED) is 0.0966. The van der Waals surface area contributed by atoms with Crippen molar-refractivity contribution < 1.29 is 18.3 Å². The Bertz CT molecular complexity index is 1900. The van der Waals surface area contributed by atoms with Crippen LogP contribution in [0.15, 0.2) is 54.3 Å². The summed E-state index contributed by atoms with van der Waals surface area (Å²) < 4.78 is 44.1. The average molecular weight is 743 g/mol. The summed E-state index contributed by atoms with van der Waals surface area (Å²) in [6, 6.07) is 6.80. The fourth-order valence-electron chi connectivity index (χ4n) is 5.66. The van der Waals surface area contributed by atoms with Crippen LogP contribution in [0, 0.1) is 25.5 Å². The second kappa shape index (κ2) is 19.2. The molecule has 0 amide bonds. The number of benzene rings is 2. The zero-order chi connectivity index (χ0) is 37.1. The molecule has 12 nitrogen and oxygen atoms in total. The van der Waals surface area contributed by atoms with Crippen LogP contribution >= 0.6 is 23.9 Å². The van der Waals surface area contributed by atoms with Crippen LogP contribution in [0.4, 0.5) is 8.78 Å². The van der Waals surface area contributed by atoms with Gasteiger partial charge in [0.05, 0.1) is 47.0 Å². The highest BCUT2D eigenvalue weighted by Gasteiger charge is 2.21. The first kappa shape index (κ1) is 40.0. The van der Waals surface area contributed by atoms with Gasteiger partial charge in [-0.15, -0.1) is 0 Å². The lowest BCUT2D eigenvalue weighted by atomic mass is 10.0. The van der Waals surface area contributed by atoms with Crippen LogP contribution in [-0.4, -0.2) is 109 Å². The summed E-state index contributed by atoms with van der Waals surface area (Å²) in [5, 5.41) is 3.20. The molecule has 1 unspecified atom stereocenters. The summed E-state index contributed by atoms with van der Waals surface area (Å²) in [5.41, 5.74) is 16.0. The number of rotatable bonds is 8. The third-order valence-corrected chi connectivity index (χ3v) is 9.89. The van der Waals surface area contributed by atoms with Gasteiger partial charge in [0, 0.05) is 62.2 Å². The Kier molecular flexibility index (Phi) is 15.0. The zero-order valence-corrected chi connectivity index (χ0v) is 31.9. The maximum atomic E-state index is 14.4. The first-order valence-corrected chi connectivity index (χ1v) is 18.3. The van der Waals surface area contributed by atoms with Gasteiger partial charge in [0.25, 0.3) is 0 Å². The normalized spacial score (nSPS) is 18.0. The Hall–Kier alpha value is -3.80. The molecule has 276 valence electrons. The third-order valence-electron chi connectivity index (χ3n) is 7.84. The Balaban J connectivity index is 0.000000218. The van der Waals surface area contributed by atoms with Gasteiger partial charge in [-0.3, -0.25) is 9.98 Å². The molecule has 6 rings (SSSR count). The molecule has 6 N–H and O–H groups in total. The number of aliphatic imine (C=N–C) groups is 4. The molecule has 0 radical (unpaired) electrons. The predicted molar refractivity (Wildman–Crippen MR) is 209 cm³/mol. The minimum Gasteiger partial charge on any atom is -0.383 e. The van der Waals surface area contributed by atoms with E-state index < -0.39 is 0 Å². The number of halogens is 2. The number of nitrogens with zero attached hydrogens (tertiary/aromatic N) is 6. The van der Waals surface area contributed by atoms with Crippen LogP contribution in [0.2, 0.25) is 0 Å². The van der Waals surface area contributed by atoms with E-state index in [1.54, 1.807) is 38.0 Å². The number of aryl methyl sites for hydroxylation is 2. The van der Waals surface area contributed by atoms with Crippen molar-refractivity contribution in [1.82, 2.24) is 18.6 Å². The smallest absolute Gasteiger partial charge is 0.147 e. The van der Waals surface area contributed by atoms with Crippen LogP contribution in [0.1, 0.15) is 43.0 Å². The highest BCUT2D eigenvalue weighted by molar-refractivity contribution is 7.97. The zero-order valence-electron chi connectivity index (χ0n) is 30.2. The lowest BCUT2D eigenvalue weighted by Crippen LogP contribution is -2.36. The molecular weight excluding hydrogens is 695 g/mol. The molecule has 4 heterocycles. The van der Waals surface area contributed by atoms with Crippen molar-refractivity contribution in [3.8, 4) is 0 Å². The molecule has 1 atom stereocenters. The first-order valence-electron chi connectivity index (χ1n) is 16.8. The molecule has 0 bridgehead atoms. The molecule has 2 saturated heterocycles. The molecular formula is C35H48F2N10O2S2. The van der Waals surface area contributed by atoms with E-state index in [0.29, 0.717) is 42.5 Å². The first-order chi connectivity index (χ1) is 24.6. The van der Waals surface area contributed by atoms with Crippen LogP contribution in [0.5, 0.6) is 0 Å². The van der Waals surface area contributed by atoms with Gasteiger partial charge in [-0.1, -0.05) is 13.8 Å². The van der Waals surface area contributed by atoms with Gasteiger partial charge in [-0.05, 0) is 80.1 Å². The number of nitrogens with one attached hydrogen (secondary N) is 2. The molecule has 16 heteroatoms. The van der Waals surface area contributed by atoms with E-state index >= 15 is 0 Å². The minimum absolute atomic E-state index is 0.191. The summed E-state index contributed by atoms with van der Waals surface area (Å²) in [6.07, 6.45) is 2.97. The van der Waals surface area contributed by atoms with Crippen LogP contribution in [0.3, 0.4) is 0 Å². The number of H-pyrrole nitrogens is 2. The van der Waals surface area contributed by atoms with Crippen LogP contribution in [0.25, 0.3) is 21.8 Å². The second-order valence-corrected chi connectivity index (χ2v) is 13.8. The molecule has 0 saturated carbocycles. The maximum absolute atomic E-state index is 14.4. The Morgan fingerprint density at radius 1 is 0.784 bits per heavy atom. The predicted octanol–water partition coefficient (Wildman–Crippen LogP) is 6.05. The van der Waals surface area contributed by atoms with E-state index in [2.05, 4.69) is 38.5 Å². The van der Waals surface area contributed by atoms with Crippen molar-refractivity contribution in [2.24, 2.45) is 31.4 Å². The van der Waals surface area contributed by atoms with Gasteiger partial charge >= 0.3 is 0 Å². The summed E-state index contributed by atoms with van der Waals surface area (Å²) in [4.78, 5) is 22.2. The topological polar surface area (TPSA) is 158 Å². The maximum Gasteiger partial charge on any atom is 0.147 e. The van der Waals surface area contributed by atoms with Gasteiger partial charge in [0.2, 0.25) is 0 Å². The average Bonchev–Trinajstić information content (AvgIpc) is 3.73. The highest BCUT2D eigenvalue weighted by Crippen LogP contribution is 2.33. The van der Waals surface area contributed by atoms with Crippen LogP contribution in [-0.2, 0) is 9.47 Å². The lowest BCUT2D eigenvalue weighted by molar-refractivity contribution is 0.0134. The molecule has 2 aliphatic heterocycles. The van der Waals surface area contributed by atoms with E-state index in [9.17, 15) is 8.78 Å². The van der Waals surface area contributed by atoms with Crippen molar-refractivity contribution >= 4 is 70.1 Å². The monoisotopic (exact) mass is 742 g/mol. The van der Waals surface area contributed by atoms with E-state index in [0.717, 1.165) is 69.3 Å². The van der Waals surface area contributed by atoms with E-state index in [1.165, 1.54) is 24.8 Å². The second-order valence-electron chi connectivity index (χ2n) is 11.5. The molecule has 51 heavy (non-hydrogen) atoms. The number of ether oxygens (including phenoxy) is 2. The molecule has 2 aliphatic rings. The molecule has 2 aromatic heterocycles. The SMILES string of the molecule is CC.CN=CN=C(N)c1c(C)cc(F)c2[nH]c(SN3CCOC(C)C3)cc12.CN=CN=C(N)c1c(C)cc(F)c2[nH]c(SN3CCOCC3)cc12. The van der Waals surface area contributed by atoms with Crippen molar-refractivity contribution in [2.75, 3.05) is 60.1 Å². The summed E-state index contributed by atoms with van der Waals surface area (Å²) in [6.45, 7) is 15.1. The number of aromatic amines is 2. The molecule has 0 spiro atoms. The van der Waals surface area contributed by atoms with Crippen molar-refractivity contribution in [3.63, 3.8) is 0 Å². The number of fused-ring (bicyclic) bond motifs is 2. The van der Waals surface area contributed by atoms with Gasteiger partial charge in [-0.25, -0.2) is 27.4 Å². The van der Waals surface area contributed by atoms with E-state index in [4.69, 9.17) is 20.9 Å². The summed E-state index contributed by atoms with van der Waals surface area (Å²) in [5.74, 6) is 0.0566. The minimum atomic E-state index is -0.296. The number of amidine groups is 2. The molecule has 0 aliphatic carbocycles. The Morgan fingerprint density at radius 3 is 1.69 bits per heavy atom. The Morgan fingerprint density at radius 2 is 1.24 bits per heavy atom. The molecule has 4 aromatic rings. The molecule has 2 aromatic carbocycles. The number of morpholine rings is 2. The highest BCUT2D eigenvalue weighted by atomic mass is 32.2. The fourth-order valence-corrected chi connectivity index (χ4v) is 7.63. The third kappa shape index (κ3) is 10.2. The van der Waals surface area contributed by atoms with Gasteiger partial charge < -0.3 is 30.9 Å². The number of hydrogen-bond acceptors (Lipinski definition) is 8. The van der Waals surface area contributed by atoms with Crippen LogP contribution < -0.4 is 11.5 Å². The summed E-state index contributed by atoms with van der Waals surface area (Å²) >= 11 is 3.14. The largest absolute Gasteiger partial charge is 0.383 e. The fraction of sp³-hybridized carbons (Fsp3) is 0.429. The van der Waals surface area contributed by atoms with Crippen molar-refractivity contribution in [2.45, 2.75) is 50.8 Å². The van der Waals surface area contributed by atoms with Crippen molar-refractivity contribution in [1.29, 1.82) is 0 Å². The number of hydrogen-bond donors (Lipinski definition) is 4. The van der Waals surface area contributed by atoms with E-state index in [-0.39, 0.29) is 17.7 Å². The number of aromatic nitrogens is 2. The lowest BCUT2D eigenvalue weighted by Gasteiger charge is -2.29. The van der Waals surface area contributed by atoms with Gasteiger partial charge in [0.15, 0.2) is 0 Å². The number of nitrogens with two attached hydrogens (primary N) is 2. The van der Waals surface area contributed by atoms with Gasteiger partial charge in [-0.2, -0.15) is 0 Å².